The van der Waals surface area contributed by atoms with Gasteiger partial charge in [-0.1, -0.05) is 18.2 Å². The summed E-state index contributed by atoms with van der Waals surface area (Å²) < 4.78 is 23.6. The zero-order chi connectivity index (χ0) is 18.7. The SMILES string of the molecule is CC(CCn1cc(-c2ccccc2C#N)cn1)(C(=O)NO)S(C)(=O)=O. The van der Waals surface area contributed by atoms with Gasteiger partial charge < -0.3 is 0 Å². The van der Waals surface area contributed by atoms with Gasteiger partial charge in [0.25, 0.3) is 5.91 Å². The number of rotatable bonds is 6. The second-order valence-electron chi connectivity index (χ2n) is 5.84. The Kier molecular flexibility index (Phi) is 5.25. The van der Waals surface area contributed by atoms with Crippen molar-refractivity contribution in [3.63, 3.8) is 0 Å². The number of sulfone groups is 1. The highest BCUT2D eigenvalue weighted by Crippen LogP contribution is 2.25. The highest BCUT2D eigenvalue weighted by Gasteiger charge is 2.43. The predicted molar refractivity (Wildman–Crippen MR) is 90.2 cm³/mol. The van der Waals surface area contributed by atoms with E-state index in [1.807, 2.05) is 0 Å². The monoisotopic (exact) mass is 362 g/mol. The predicted octanol–water partition coefficient (Wildman–Crippen LogP) is 1.12. The van der Waals surface area contributed by atoms with Crippen LogP contribution in [0.4, 0.5) is 0 Å². The quantitative estimate of drug-likeness (QED) is 0.586. The van der Waals surface area contributed by atoms with Crippen LogP contribution in [0.5, 0.6) is 0 Å². The second-order valence-corrected chi connectivity index (χ2v) is 8.29. The summed E-state index contributed by atoms with van der Waals surface area (Å²) in [6.45, 7) is 1.40. The third-order valence-electron chi connectivity index (χ3n) is 4.21. The van der Waals surface area contributed by atoms with Gasteiger partial charge >= 0.3 is 0 Å². The van der Waals surface area contributed by atoms with Crippen molar-refractivity contribution < 1.29 is 18.4 Å². The molecule has 2 rings (SSSR count). The number of nitriles is 1. The number of carbonyl (C=O) groups excluding carboxylic acids is 1. The van der Waals surface area contributed by atoms with Crippen LogP contribution in [0.1, 0.15) is 18.9 Å². The lowest BCUT2D eigenvalue weighted by Crippen LogP contribution is -2.49. The van der Waals surface area contributed by atoms with Crippen molar-refractivity contribution in [3.8, 4) is 17.2 Å². The molecule has 1 amide bonds. The van der Waals surface area contributed by atoms with Crippen LogP contribution in [0.25, 0.3) is 11.1 Å². The molecule has 0 fully saturated rings. The second kappa shape index (κ2) is 7.04. The van der Waals surface area contributed by atoms with Gasteiger partial charge in [0.05, 0.1) is 17.8 Å². The molecule has 0 aliphatic carbocycles. The zero-order valence-electron chi connectivity index (χ0n) is 13.8. The van der Waals surface area contributed by atoms with Crippen LogP contribution in [0, 0.1) is 11.3 Å². The van der Waals surface area contributed by atoms with Gasteiger partial charge in [-0.25, -0.2) is 13.9 Å². The molecular weight excluding hydrogens is 344 g/mol. The molecule has 1 heterocycles. The third-order valence-corrected chi connectivity index (χ3v) is 6.24. The number of hydrogen-bond acceptors (Lipinski definition) is 6. The van der Waals surface area contributed by atoms with Crippen LogP contribution in [-0.4, -0.2) is 40.3 Å². The van der Waals surface area contributed by atoms with Crippen molar-refractivity contribution in [1.82, 2.24) is 15.3 Å². The molecule has 0 aliphatic rings. The molecule has 0 aliphatic heterocycles. The molecule has 0 radical (unpaired) electrons. The first-order valence-corrected chi connectivity index (χ1v) is 9.28. The van der Waals surface area contributed by atoms with Crippen LogP contribution in [0.2, 0.25) is 0 Å². The van der Waals surface area contributed by atoms with Gasteiger partial charge in [0, 0.05) is 30.1 Å². The van der Waals surface area contributed by atoms with Crippen molar-refractivity contribution in [2.24, 2.45) is 0 Å². The number of carbonyl (C=O) groups is 1. The minimum atomic E-state index is -3.76. The summed E-state index contributed by atoms with van der Waals surface area (Å²) in [6.07, 6.45) is 4.12. The Balaban J connectivity index is 2.24. The first-order chi connectivity index (χ1) is 11.7. The third kappa shape index (κ3) is 3.70. The molecule has 132 valence electrons. The molecule has 0 saturated heterocycles. The molecule has 0 spiro atoms. The van der Waals surface area contributed by atoms with Gasteiger partial charge in [0.1, 0.15) is 0 Å². The van der Waals surface area contributed by atoms with E-state index in [-0.39, 0.29) is 13.0 Å². The van der Waals surface area contributed by atoms with Gasteiger partial charge in [-0.2, -0.15) is 10.4 Å². The van der Waals surface area contributed by atoms with Crippen LogP contribution in [0.15, 0.2) is 36.7 Å². The summed E-state index contributed by atoms with van der Waals surface area (Å²) in [5, 5.41) is 22.1. The molecule has 1 aromatic heterocycles. The first kappa shape index (κ1) is 18.6. The highest BCUT2D eigenvalue weighted by atomic mass is 32.2. The maximum absolute atomic E-state index is 11.9. The smallest absolute Gasteiger partial charge is 0.264 e. The van der Waals surface area contributed by atoms with Crippen molar-refractivity contribution >= 4 is 15.7 Å². The lowest BCUT2D eigenvalue weighted by molar-refractivity contribution is -0.131. The average Bonchev–Trinajstić information content (AvgIpc) is 3.06. The van der Waals surface area contributed by atoms with E-state index in [4.69, 9.17) is 10.5 Å². The maximum Gasteiger partial charge on any atom is 0.264 e. The molecule has 0 bridgehead atoms. The Bertz CT molecular complexity index is 930. The lowest BCUT2D eigenvalue weighted by Gasteiger charge is -2.24. The van der Waals surface area contributed by atoms with Gasteiger partial charge in [-0.05, 0) is 19.4 Å². The Morgan fingerprint density at radius 2 is 2.12 bits per heavy atom. The fourth-order valence-electron chi connectivity index (χ4n) is 2.37. The normalized spacial score (nSPS) is 13.7. The summed E-state index contributed by atoms with van der Waals surface area (Å²) in [7, 11) is -3.76. The number of nitrogens with zero attached hydrogens (tertiary/aromatic N) is 3. The largest absolute Gasteiger partial charge is 0.289 e. The minimum absolute atomic E-state index is 0.0702. The topological polar surface area (TPSA) is 125 Å². The fourth-order valence-corrected chi connectivity index (χ4v) is 3.22. The molecule has 1 aromatic carbocycles. The van der Waals surface area contributed by atoms with Crippen molar-refractivity contribution in [1.29, 1.82) is 5.26 Å². The van der Waals surface area contributed by atoms with Crippen LogP contribution < -0.4 is 5.48 Å². The summed E-state index contributed by atoms with van der Waals surface area (Å²) in [4.78, 5) is 11.8. The summed E-state index contributed by atoms with van der Waals surface area (Å²) in [5.74, 6) is -0.989. The molecule has 8 nitrogen and oxygen atoms in total. The number of hydroxylamine groups is 1. The van der Waals surface area contributed by atoms with Crippen molar-refractivity contribution in [3.05, 3.63) is 42.2 Å². The van der Waals surface area contributed by atoms with Gasteiger partial charge in [0.15, 0.2) is 14.6 Å². The number of amides is 1. The van der Waals surface area contributed by atoms with Crippen LogP contribution in [-0.2, 0) is 21.2 Å². The van der Waals surface area contributed by atoms with E-state index in [0.29, 0.717) is 11.1 Å². The Morgan fingerprint density at radius 3 is 2.72 bits per heavy atom. The molecular formula is C16H18N4O4S. The van der Waals surface area contributed by atoms with Gasteiger partial charge in [-0.15, -0.1) is 0 Å². The van der Waals surface area contributed by atoms with Gasteiger partial charge in [0.2, 0.25) is 0 Å². The van der Waals surface area contributed by atoms with Crippen LogP contribution >= 0.6 is 0 Å². The average molecular weight is 362 g/mol. The molecule has 1 unspecified atom stereocenters. The molecule has 2 N–H and O–H groups in total. The minimum Gasteiger partial charge on any atom is -0.289 e. The standard InChI is InChI=1S/C16H18N4O4S/c1-16(15(21)19-22,25(2,23)24)7-8-20-11-13(10-18-20)14-6-4-3-5-12(14)9-17/h3-6,10-11,22H,7-8H2,1-2H3,(H,19,21). The van der Waals surface area contributed by atoms with E-state index in [9.17, 15) is 13.2 Å². The van der Waals surface area contributed by atoms with Crippen molar-refractivity contribution in [2.45, 2.75) is 24.6 Å². The molecule has 25 heavy (non-hydrogen) atoms. The van der Waals surface area contributed by atoms with Crippen LogP contribution in [0.3, 0.4) is 0 Å². The van der Waals surface area contributed by atoms with Gasteiger partial charge in [-0.3, -0.25) is 14.7 Å². The van der Waals surface area contributed by atoms with E-state index in [1.54, 1.807) is 36.7 Å². The van der Waals surface area contributed by atoms with Crippen molar-refractivity contribution in [2.75, 3.05) is 6.26 Å². The molecule has 9 heteroatoms. The number of aromatic nitrogens is 2. The van der Waals surface area contributed by atoms with E-state index >= 15 is 0 Å². The van der Waals surface area contributed by atoms with E-state index < -0.39 is 20.5 Å². The Labute approximate surface area is 145 Å². The Morgan fingerprint density at radius 1 is 1.44 bits per heavy atom. The first-order valence-electron chi connectivity index (χ1n) is 7.39. The number of nitrogens with one attached hydrogen (secondary N) is 1. The number of aryl methyl sites for hydroxylation is 1. The van der Waals surface area contributed by atoms with E-state index in [1.165, 1.54) is 17.1 Å². The molecule has 0 saturated carbocycles. The zero-order valence-corrected chi connectivity index (χ0v) is 14.6. The maximum atomic E-state index is 11.9. The van der Waals surface area contributed by atoms with E-state index in [2.05, 4.69) is 11.2 Å². The summed E-state index contributed by atoms with van der Waals surface area (Å²) in [5.41, 5.74) is 3.34. The molecule has 1 atom stereocenters. The summed E-state index contributed by atoms with van der Waals surface area (Å²) >= 11 is 0. The summed E-state index contributed by atoms with van der Waals surface area (Å²) in [6, 6.07) is 9.16. The number of hydrogen-bond donors (Lipinski definition) is 2. The number of benzene rings is 1. The fraction of sp³-hybridized carbons (Fsp3) is 0.312. The highest BCUT2D eigenvalue weighted by molar-refractivity contribution is 7.92. The Hall–Kier alpha value is -2.70. The van der Waals surface area contributed by atoms with E-state index in [0.717, 1.165) is 11.8 Å². The lowest BCUT2D eigenvalue weighted by atomic mass is 10.0. The molecule has 2 aromatic rings.